The van der Waals surface area contributed by atoms with Crippen molar-refractivity contribution in [3.8, 4) is 0 Å². The molecule has 4 heteroatoms. The average molecular weight is 314 g/mol. The van der Waals surface area contributed by atoms with Gasteiger partial charge in [0.1, 0.15) is 0 Å². The molecule has 0 spiro atoms. The van der Waals surface area contributed by atoms with Gasteiger partial charge in [-0.15, -0.1) is 0 Å². The number of ether oxygens (including phenoxy) is 2. The summed E-state index contributed by atoms with van der Waals surface area (Å²) in [6, 6.07) is 0. The van der Waals surface area contributed by atoms with E-state index in [2.05, 4.69) is 11.7 Å². The Balaban J connectivity index is 3.49. The third-order valence-corrected chi connectivity index (χ3v) is 3.84. The van der Waals surface area contributed by atoms with Crippen molar-refractivity contribution in [3.05, 3.63) is 0 Å². The van der Waals surface area contributed by atoms with Crippen LogP contribution < -0.4 is 0 Å². The highest BCUT2D eigenvalue weighted by atomic mass is 16.6. The molecule has 0 bridgehead atoms. The first-order valence-corrected chi connectivity index (χ1v) is 8.86. The summed E-state index contributed by atoms with van der Waals surface area (Å²) in [5.74, 6) is -0.888. The van der Waals surface area contributed by atoms with E-state index in [0.717, 1.165) is 12.8 Å². The Morgan fingerprint density at radius 1 is 0.818 bits per heavy atom. The molecule has 0 aliphatic rings. The lowest BCUT2D eigenvalue weighted by Gasteiger charge is -2.14. The molecular weight excluding hydrogens is 280 g/mol. The summed E-state index contributed by atoms with van der Waals surface area (Å²) in [7, 11) is 1.32. The van der Waals surface area contributed by atoms with Crippen LogP contribution in [0, 0.1) is 0 Å². The second-order valence-electron chi connectivity index (χ2n) is 5.95. The highest BCUT2D eigenvalue weighted by Gasteiger charge is 2.21. The van der Waals surface area contributed by atoms with E-state index in [9.17, 15) is 9.59 Å². The maximum atomic E-state index is 11.5. The third-order valence-electron chi connectivity index (χ3n) is 3.84. The van der Waals surface area contributed by atoms with Crippen LogP contribution in [0.25, 0.3) is 0 Å². The van der Waals surface area contributed by atoms with Crippen LogP contribution in [0.1, 0.15) is 90.9 Å². The number of hydrogen-bond donors (Lipinski definition) is 0. The molecule has 0 N–H and O–H groups in total. The van der Waals surface area contributed by atoms with E-state index >= 15 is 0 Å². The number of methoxy groups -OCH3 is 1. The average Bonchev–Trinajstić information content (AvgIpc) is 2.50. The molecule has 0 heterocycles. The fourth-order valence-corrected chi connectivity index (χ4v) is 2.55. The standard InChI is InChI=1S/C18H34O4/c1-4-5-6-7-8-9-10-11-12-13-14-15-17(18(20)21-3)22-16(2)19/h17H,4-15H2,1-3H3/t17-/m0/s1. The van der Waals surface area contributed by atoms with Crippen molar-refractivity contribution in [1.29, 1.82) is 0 Å². The van der Waals surface area contributed by atoms with E-state index in [0.29, 0.717) is 6.42 Å². The Morgan fingerprint density at radius 2 is 1.27 bits per heavy atom. The Kier molecular flexibility index (Phi) is 14.1. The van der Waals surface area contributed by atoms with Crippen molar-refractivity contribution in [3.63, 3.8) is 0 Å². The topological polar surface area (TPSA) is 52.6 Å². The Labute approximate surface area is 135 Å². The van der Waals surface area contributed by atoms with Gasteiger partial charge in [-0.3, -0.25) is 4.79 Å². The predicted octanol–water partition coefficient (Wildman–Crippen LogP) is 4.79. The minimum Gasteiger partial charge on any atom is -0.466 e. The molecular formula is C18H34O4. The van der Waals surface area contributed by atoms with Crippen LogP contribution in [0.2, 0.25) is 0 Å². The van der Waals surface area contributed by atoms with Crippen LogP contribution in [0.3, 0.4) is 0 Å². The maximum absolute atomic E-state index is 11.5. The molecule has 0 radical (unpaired) electrons. The van der Waals surface area contributed by atoms with Gasteiger partial charge in [-0.05, 0) is 12.8 Å². The molecule has 0 rings (SSSR count). The summed E-state index contributed by atoms with van der Waals surface area (Å²) in [5, 5.41) is 0. The lowest BCUT2D eigenvalue weighted by atomic mass is 10.0. The SMILES string of the molecule is CCCCCCCCCCCCC[C@H](OC(C)=O)C(=O)OC. The zero-order valence-electron chi connectivity index (χ0n) is 14.7. The highest BCUT2D eigenvalue weighted by molar-refractivity contribution is 5.78. The molecule has 0 saturated heterocycles. The number of esters is 2. The largest absolute Gasteiger partial charge is 0.466 e. The molecule has 0 unspecified atom stereocenters. The van der Waals surface area contributed by atoms with Gasteiger partial charge < -0.3 is 9.47 Å². The van der Waals surface area contributed by atoms with Crippen molar-refractivity contribution in [2.24, 2.45) is 0 Å². The lowest BCUT2D eigenvalue weighted by molar-refractivity contribution is -0.165. The van der Waals surface area contributed by atoms with Gasteiger partial charge in [0, 0.05) is 6.92 Å². The van der Waals surface area contributed by atoms with E-state index in [-0.39, 0.29) is 0 Å². The fourth-order valence-electron chi connectivity index (χ4n) is 2.55. The Hall–Kier alpha value is -1.06. The van der Waals surface area contributed by atoms with Crippen LogP contribution in [0.5, 0.6) is 0 Å². The van der Waals surface area contributed by atoms with E-state index < -0.39 is 18.0 Å². The molecule has 130 valence electrons. The minimum atomic E-state index is -0.735. The zero-order valence-corrected chi connectivity index (χ0v) is 14.7. The van der Waals surface area contributed by atoms with Gasteiger partial charge in [0.2, 0.25) is 0 Å². The second kappa shape index (κ2) is 14.9. The molecule has 0 amide bonds. The van der Waals surface area contributed by atoms with Gasteiger partial charge >= 0.3 is 11.9 Å². The molecule has 4 nitrogen and oxygen atoms in total. The first kappa shape index (κ1) is 20.9. The van der Waals surface area contributed by atoms with E-state index in [1.807, 2.05) is 0 Å². The first-order chi connectivity index (χ1) is 10.6. The molecule has 0 aliphatic carbocycles. The van der Waals surface area contributed by atoms with Gasteiger partial charge in [-0.25, -0.2) is 4.79 Å². The highest BCUT2D eigenvalue weighted by Crippen LogP contribution is 2.14. The van der Waals surface area contributed by atoms with Gasteiger partial charge in [0.05, 0.1) is 7.11 Å². The van der Waals surface area contributed by atoms with Gasteiger partial charge in [0.15, 0.2) is 6.10 Å². The fraction of sp³-hybridized carbons (Fsp3) is 0.889. The predicted molar refractivity (Wildman–Crippen MR) is 88.6 cm³/mol. The number of carbonyl (C=O) groups is 2. The van der Waals surface area contributed by atoms with Gasteiger partial charge in [0.25, 0.3) is 0 Å². The maximum Gasteiger partial charge on any atom is 0.347 e. The van der Waals surface area contributed by atoms with E-state index in [4.69, 9.17) is 4.74 Å². The van der Waals surface area contributed by atoms with E-state index in [1.165, 1.54) is 71.8 Å². The summed E-state index contributed by atoms with van der Waals surface area (Å²) < 4.78 is 9.63. The quantitative estimate of drug-likeness (QED) is 0.341. The Bertz CT molecular complexity index is 289. The molecule has 0 aromatic heterocycles. The second-order valence-corrected chi connectivity index (χ2v) is 5.95. The van der Waals surface area contributed by atoms with Crippen LogP contribution in [0.15, 0.2) is 0 Å². The van der Waals surface area contributed by atoms with Crippen molar-refractivity contribution >= 4 is 11.9 Å². The molecule has 0 aromatic rings. The normalized spacial score (nSPS) is 12.0. The van der Waals surface area contributed by atoms with Crippen LogP contribution in [-0.2, 0) is 19.1 Å². The van der Waals surface area contributed by atoms with Gasteiger partial charge in [-0.2, -0.15) is 0 Å². The molecule has 0 aromatic carbocycles. The summed E-state index contributed by atoms with van der Waals surface area (Å²) in [4.78, 5) is 22.4. The van der Waals surface area contributed by atoms with Gasteiger partial charge in [-0.1, -0.05) is 71.1 Å². The number of carbonyl (C=O) groups excluding carboxylic acids is 2. The third kappa shape index (κ3) is 12.7. The molecule has 0 aliphatic heterocycles. The van der Waals surface area contributed by atoms with E-state index in [1.54, 1.807) is 0 Å². The van der Waals surface area contributed by atoms with Crippen molar-refractivity contribution in [1.82, 2.24) is 0 Å². The summed E-state index contributed by atoms with van der Waals surface area (Å²) in [6.45, 7) is 3.56. The van der Waals surface area contributed by atoms with Crippen molar-refractivity contribution in [2.45, 2.75) is 97.0 Å². The van der Waals surface area contributed by atoms with Crippen LogP contribution >= 0.6 is 0 Å². The number of hydrogen-bond acceptors (Lipinski definition) is 4. The van der Waals surface area contributed by atoms with Crippen LogP contribution in [-0.4, -0.2) is 25.2 Å². The van der Waals surface area contributed by atoms with Crippen LogP contribution in [0.4, 0.5) is 0 Å². The lowest BCUT2D eigenvalue weighted by Crippen LogP contribution is -2.27. The summed E-state index contributed by atoms with van der Waals surface area (Å²) in [6.07, 6.45) is 13.6. The summed E-state index contributed by atoms with van der Waals surface area (Å²) >= 11 is 0. The Morgan fingerprint density at radius 3 is 1.68 bits per heavy atom. The molecule has 0 fully saturated rings. The zero-order chi connectivity index (χ0) is 16.6. The molecule has 22 heavy (non-hydrogen) atoms. The first-order valence-electron chi connectivity index (χ1n) is 8.86. The number of rotatable bonds is 14. The monoisotopic (exact) mass is 314 g/mol. The minimum absolute atomic E-state index is 0.432. The van der Waals surface area contributed by atoms with Crippen molar-refractivity contribution < 1.29 is 19.1 Å². The number of unbranched alkanes of at least 4 members (excludes halogenated alkanes) is 10. The molecule has 0 saturated carbocycles. The van der Waals surface area contributed by atoms with Crippen molar-refractivity contribution in [2.75, 3.05) is 7.11 Å². The summed E-state index contributed by atoms with van der Waals surface area (Å²) in [5.41, 5.74) is 0. The smallest absolute Gasteiger partial charge is 0.347 e. The molecule has 1 atom stereocenters.